The quantitative estimate of drug-likeness (QED) is 0.880. The second kappa shape index (κ2) is 5.80. The van der Waals surface area contributed by atoms with Crippen LogP contribution in [0.4, 0.5) is 0 Å². The number of aryl methyl sites for hydroxylation is 1. The fourth-order valence-electron chi connectivity index (χ4n) is 2.10. The van der Waals surface area contributed by atoms with Crippen molar-refractivity contribution in [3.8, 4) is 0 Å². The molecule has 0 bridgehead atoms. The lowest BCUT2D eigenvalue weighted by Gasteiger charge is -2.22. The summed E-state index contributed by atoms with van der Waals surface area (Å²) in [5.41, 5.74) is 1.73. The molecule has 0 aliphatic carbocycles. The summed E-state index contributed by atoms with van der Waals surface area (Å²) in [6.45, 7) is 2.72. The molecular weight excluding hydrogens is 228 g/mol. The Hall–Kier alpha value is -1.65. The zero-order valence-electron chi connectivity index (χ0n) is 10.7. The minimum Gasteiger partial charge on any atom is -0.384 e. The van der Waals surface area contributed by atoms with Gasteiger partial charge in [-0.05, 0) is 18.6 Å². The first-order valence-electron chi connectivity index (χ1n) is 6.05. The maximum absolute atomic E-state index is 10.4. The fraction of sp³-hybridized carbons (Fsp3) is 0.357. The van der Waals surface area contributed by atoms with Gasteiger partial charge in [0.25, 0.3) is 0 Å². The molecule has 1 aromatic heterocycles. The van der Waals surface area contributed by atoms with Crippen molar-refractivity contribution >= 4 is 0 Å². The van der Waals surface area contributed by atoms with Gasteiger partial charge in [0.1, 0.15) is 12.2 Å². The Bertz CT molecular complexity index is 482. The smallest absolute Gasteiger partial charge is 0.126 e. The van der Waals surface area contributed by atoms with Crippen molar-refractivity contribution in [3.63, 3.8) is 0 Å². The second-order valence-corrected chi connectivity index (χ2v) is 4.08. The van der Waals surface area contributed by atoms with E-state index in [4.69, 9.17) is 4.74 Å². The zero-order chi connectivity index (χ0) is 13.0. The maximum Gasteiger partial charge on any atom is 0.126 e. The summed E-state index contributed by atoms with van der Waals surface area (Å²) < 4.78 is 7.21. The van der Waals surface area contributed by atoms with E-state index in [0.29, 0.717) is 0 Å². The van der Waals surface area contributed by atoms with Gasteiger partial charge in [0.2, 0.25) is 0 Å². The van der Waals surface area contributed by atoms with E-state index in [0.717, 1.165) is 17.8 Å². The largest absolute Gasteiger partial charge is 0.384 e. The third-order valence-electron chi connectivity index (χ3n) is 3.02. The Kier molecular flexibility index (Phi) is 4.12. The highest BCUT2D eigenvalue weighted by Crippen LogP contribution is 2.31. The summed E-state index contributed by atoms with van der Waals surface area (Å²) in [5.74, 6) is 0. The van der Waals surface area contributed by atoms with Gasteiger partial charge in [-0.1, -0.05) is 30.3 Å². The molecule has 2 aromatic rings. The molecule has 0 spiro atoms. The summed E-state index contributed by atoms with van der Waals surface area (Å²) in [7, 11) is 1.60. The highest BCUT2D eigenvalue weighted by atomic mass is 16.5. The van der Waals surface area contributed by atoms with Crippen molar-refractivity contribution in [2.45, 2.75) is 25.7 Å². The van der Waals surface area contributed by atoms with E-state index >= 15 is 0 Å². The molecule has 0 fully saturated rings. The van der Waals surface area contributed by atoms with Crippen LogP contribution in [0, 0.1) is 0 Å². The van der Waals surface area contributed by atoms with Crippen molar-refractivity contribution in [2.75, 3.05) is 7.11 Å². The molecule has 0 saturated carbocycles. The molecule has 0 amide bonds. The van der Waals surface area contributed by atoms with Crippen LogP contribution in [0.5, 0.6) is 0 Å². The summed E-state index contributed by atoms with van der Waals surface area (Å²) in [4.78, 5) is 0. The molecule has 0 radical (unpaired) electrons. The number of benzene rings is 1. The standard InChI is InChI=1S/C14H18N2O2/c1-3-16-12(9-10-15-16)13(17)14(18-2)11-7-5-4-6-8-11/h4-10,13-14,17H,3H2,1-2H3. The van der Waals surface area contributed by atoms with Crippen LogP contribution in [-0.4, -0.2) is 22.0 Å². The molecule has 2 atom stereocenters. The number of aliphatic hydroxyl groups is 1. The Morgan fingerprint density at radius 1 is 1.28 bits per heavy atom. The second-order valence-electron chi connectivity index (χ2n) is 4.08. The van der Waals surface area contributed by atoms with E-state index < -0.39 is 6.10 Å². The number of aromatic nitrogens is 2. The molecule has 2 rings (SSSR count). The number of hydrogen-bond donors (Lipinski definition) is 1. The van der Waals surface area contributed by atoms with Crippen molar-refractivity contribution in [2.24, 2.45) is 0 Å². The Morgan fingerprint density at radius 2 is 2.00 bits per heavy atom. The molecule has 1 aromatic carbocycles. The average Bonchev–Trinajstić information content (AvgIpc) is 2.89. The molecule has 1 N–H and O–H groups in total. The van der Waals surface area contributed by atoms with Crippen molar-refractivity contribution in [1.29, 1.82) is 0 Å². The van der Waals surface area contributed by atoms with Gasteiger partial charge in [-0.3, -0.25) is 4.68 Å². The van der Waals surface area contributed by atoms with Gasteiger partial charge >= 0.3 is 0 Å². The number of methoxy groups -OCH3 is 1. The summed E-state index contributed by atoms with van der Waals surface area (Å²) >= 11 is 0. The van der Waals surface area contributed by atoms with E-state index in [-0.39, 0.29) is 6.10 Å². The predicted molar refractivity (Wildman–Crippen MR) is 69.1 cm³/mol. The van der Waals surface area contributed by atoms with Crippen molar-refractivity contribution < 1.29 is 9.84 Å². The fourth-order valence-corrected chi connectivity index (χ4v) is 2.10. The van der Waals surface area contributed by atoms with E-state index in [1.165, 1.54) is 0 Å². The van der Waals surface area contributed by atoms with Crippen LogP contribution in [0.2, 0.25) is 0 Å². The van der Waals surface area contributed by atoms with E-state index in [2.05, 4.69) is 5.10 Å². The van der Waals surface area contributed by atoms with Gasteiger partial charge < -0.3 is 9.84 Å². The van der Waals surface area contributed by atoms with Crippen LogP contribution in [-0.2, 0) is 11.3 Å². The van der Waals surface area contributed by atoms with Gasteiger partial charge in [0.15, 0.2) is 0 Å². The monoisotopic (exact) mass is 246 g/mol. The summed E-state index contributed by atoms with van der Waals surface area (Å²) in [6, 6.07) is 11.5. The third-order valence-corrected chi connectivity index (χ3v) is 3.02. The topological polar surface area (TPSA) is 47.3 Å². The van der Waals surface area contributed by atoms with Gasteiger partial charge in [-0.2, -0.15) is 5.10 Å². The summed E-state index contributed by atoms with van der Waals surface area (Å²) in [6.07, 6.45) is 0.591. The molecule has 4 nitrogen and oxygen atoms in total. The molecule has 18 heavy (non-hydrogen) atoms. The Balaban J connectivity index is 2.28. The lowest BCUT2D eigenvalue weighted by Crippen LogP contribution is -2.17. The van der Waals surface area contributed by atoms with Crippen LogP contribution >= 0.6 is 0 Å². The van der Waals surface area contributed by atoms with Gasteiger partial charge in [-0.15, -0.1) is 0 Å². The van der Waals surface area contributed by atoms with Crippen LogP contribution < -0.4 is 0 Å². The van der Waals surface area contributed by atoms with Gasteiger partial charge in [0, 0.05) is 19.9 Å². The van der Waals surface area contributed by atoms with Crippen LogP contribution in [0.25, 0.3) is 0 Å². The minimum absolute atomic E-state index is 0.381. The molecular formula is C14H18N2O2. The lowest BCUT2D eigenvalue weighted by molar-refractivity contribution is -0.0191. The van der Waals surface area contributed by atoms with Crippen molar-refractivity contribution in [3.05, 3.63) is 53.9 Å². The number of nitrogens with zero attached hydrogens (tertiary/aromatic N) is 2. The molecule has 96 valence electrons. The number of rotatable bonds is 5. The number of ether oxygens (including phenoxy) is 1. The Morgan fingerprint density at radius 3 is 2.61 bits per heavy atom. The first-order chi connectivity index (χ1) is 8.77. The minimum atomic E-state index is -0.722. The third kappa shape index (κ3) is 2.44. The lowest BCUT2D eigenvalue weighted by atomic mass is 10.0. The molecule has 0 aliphatic rings. The zero-order valence-corrected chi connectivity index (χ0v) is 10.7. The maximum atomic E-state index is 10.4. The van der Waals surface area contributed by atoms with Crippen LogP contribution in [0.1, 0.15) is 30.4 Å². The number of aliphatic hydroxyl groups excluding tert-OH is 1. The van der Waals surface area contributed by atoms with E-state index in [9.17, 15) is 5.11 Å². The van der Waals surface area contributed by atoms with Gasteiger partial charge in [-0.25, -0.2) is 0 Å². The molecule has 1 heterocycles. The SMILES string of the molecule is CCn1nccc1C(O)C(OC)c1ccccc1. The highest BCUT2D eigenvalue weighted by Gasteiger charge is 2.24. The first kappa shape index (κ1) is 12.8. The average molecular weight is 246 g/mol. The molecule has 0 saturated heterocycles. The highest BCUT2D eigenvalue weighted by molar-refractivity contribution is 5.21. The van der Waals surface area contributed by atoms with E-state index in [1.54, 1.807) is 18.0 Å². The normalized spacial score (nSPS) is 14.4. The van der Waals surface area contributed by atoms with Gasteiger partial charge in [0.05, 0.1) is 5.69 Å². The predicted octanol–water partition coefficient (Wildman–Crippen LogP) is 2.32. The van der Waals surface area contributed by atoms with Crippen LogP contribution in [0.15, 0.2) is 42.6 Å². The Labute approximate surface area is 107 Å². The van der Waals surface area contributed by atoms with Crippen molar-refractivity contribution in [1.82, 2.24) is 9.78 Å². The van der Waals surface area contributed by atoms with Crippen LogP contribution in [0.3, 0.4) is 0 Å². The molecule has 0 aliphatic heterocycles. The number of hydrogen-bond acceptors (Lipinski definition) is 3. The molecule has 4 heteroatoms. The summed E-state index contributed by atoms with van der Waals surface area (Å²) in [5, 5.41) is 14.6. The molecule has 2 unspecified atom stereocenters. The van der Waals surface area contributed by atoms with E-state index in [1.807, 2.05) is 43.3 Å². The first-order valence-corrected chi connectivity index (χ1v) is 6.05.